The standard InChI is InChI=1S/C22H19ClN4O5S/c23-18-9-8-17(33-18)21(30)25-16-12-26(22(31)32)11-15(16)24-20(29)13-4-6-14(7-5-13)27-10-2-1-3-19(27)28/h1-10,15-16H,11-12H2,(H,24,29)(H,25,30)(H,31,32)/t15-,16+/m0/s1. The number of pyridine rings is 1. The summed E-state index contributed by atoms with van der Waals surface area (Å²) < 4.78 is 1.91. The van der Waals surface area contributed by atoms with Gasteiger partial charge in [-0.2, -0.15) is 0 Å². The average Bonchev–Trinajstić information content (AvgIpc) is 3.41. The van der Waals surface area contributed by atoms with Crippen molar-refractivity contribution in [2.75, 3.05) is 13.1 Å². The minimum Gasteiger partial charge on any atom is -0.465 e. The van der Waals surface area contributed by atoms with E-state index in [0.717, 1.165) is 16.2 Å². The molecule has 33 heavy (non-hydrogen) atoms. The van der Waals surface area contributed by atoms with Crippen molar-refractivity contribution in [3.05, 3.63) is 85.9 Å². The highest BCUT2D eigenvalue weighted by molar-refractivity contribution is 7.18. The Morgan fingerprint density at radius 3 is 2.18 bits per heavy atom. The third-order valence-corrected chi connectivity index (χ3v) is 6.48. The van der Waals surface area contributed by atoms with Crippen LogP contribution in [0.5, 0.6) is 0 Å². The summed E-state index contributed by atoms with van der Waals surface area (Å²) in [6, 6.07) is 13.2. The quantitative estimate of drug-likeness (QED) is 0.511. The van der Waals surface area contributed by atoms with Crippen LogP contribution in [-0.2, 0) is 0 Å². The second-order valence-corrected chi connectivity index (χ2v) is 9.12. The molecule has 1 fully saturated rings. The third-order valence-electron chi connectivity index (χ3n) is 5.25. The molecule has 0 aliphatic carbocycles. The molecule has 0 unspecified atom stereocenters. The van der Waals surface area contributed by atoms with Crippen molar-refractivity contribution < 1.29 is 19.5 Å². The molecule has 9 nitrogen and oxygen atoms in total. The molecule has 3 aromatic rings. The zero-order chi connectivity index (χ0) is 23.5. The number of aromatic nitrogens is 1. The number of likely N-dealkylation sites (tertiary alicyclic amines) is 1. The van der Waals surface area contributed by atoms with E-state index >= 15 is 0 Å². The molecule has 1 aromatic carbocycles. The Balaban J connectivity index is 1.47. The first kappa shape index (κ1) is 22.6. The second kappa shape index (κ2) is 9.47. The van der Waals surface area contributed by atoms with E-state index in [1.54, 1.807) is 54.7 Å². The van der Waals surface area contributed by atoms with Crippen LogP contribution in [0.4, 0.5) is 4.79 Å². The van der Waals surface area contributed by atoms with E-state index in [1.807, 2.05) is 0 Å². The summed E-state index contributed by atoms with van der Waals surface area (Å²) in [5, 5.41) is 15.0. The summed E-state index contributed by atoms with van der Waals surface area (Å²) >= 11 is 7.00. The van der Waals surface area contributed by atoms with E-state index in [4.69, 9.17) is 11.6 Å². The zero-order valence-corrected chi connectivity index (χ0v) is 18.7. The van der Waals surface area contributed by atoms with E-state index in [2.05, 4.69) is 10.6 Å². The highest BCUT2D eigenvalue weighted by atomic mass is 35.5. The molecule has 2 aromatic heterocycles. The molecule has 0 saturated carbocycles. The van der Waals surface area contributed by atoms with Crippen molar-refractivity contribution >= 4 is 40.8 Å². The maximum absolute atomic E-state index is 12.8. The molecule has 170 valence electrons. The van der Waals surface area contributed by atoms with Gasteiger partial charge in [0.25, 0.3) is 17.4 Å². The smallest absolute Gasteiger partial charge is 0.407 e. The largest absolute Gasteiger partial charge is 0.465 e. The monoisotopic (exact) mass is 486 g/mol. The molecule has 4 rings (SSSR count). The van der Waals surface area contributed by atoms with E-state index in [1.165, 1.54) is 10.6 Å². The Labute approximate surface area is 197 Å². The lowest BCUT2D eigenvalue weighted by Crippen LogP contribution is -2.50. The first-order chi connectivity index (χ1) is 15.8. The van der Waals surface area contributed by atoms with Gasteiger partial charge in [-0.15, -0.1) is 11.3 Å². The lowest BCUT2D eigenvalue weighted by Gasteiger charge is -2.20. The van der Waals surface area contributed by atoms with Crippen molar-refractivity contribution in [2.45, 2.75) is 12.1 Å². The molecule has 0 spiro atoms. The number of amides is 3. The van der Waals surface area contributed by atoms with Gasteiger partial charge in [-0.1, -0.05) is 17.7 Å². The molecule has 1 aliphatic heterocycles. The van der Waals surface area contributed by atoms with Crippen molar-refractivity contribution in [1.29, 1.82) is 0 Å². The number of carbonyl (C=O) groups excluding carboxylic acids is 2. The van der Waals surface area contributed by atoms with E-state index in [9.17, 15) is 24.3 Å². The Morgan fingerprint density at radius 2 is 1.61 bits per heavy atom. The molecular weight excluding hydrogens is 468 g/mol. The van der Waals surface area contributed by atoms with E-state index in [-0.39, 0.29) is 24.6 Å². The summed E-state index contributed by atoms with van der Waals surface area (Å²) in [7, 11) is 0. The van der Waals surface area contributed by atoms with Gasteiger partial charge in [0.15, 0.2) is 0 Å². The fraction of sp³-hybridized carbons (Fsp3) is 0.182. The molecule has 3 heterocycles. The van der Waals surface area contributed by atoms with Gasteiger partial charge in [0.2, 0.25) is 0 Å². The summed E-state index contributed by atoms with van der Waals surface area (Å²) in [6.07, 6.45) is 0.493. The van der Waals surface area contributed by atoms with Gasteiger partial charge >= 0.3 is 6.09 Å². The molecular formula is C22H19ClN4O5S. The summed E-state index contributed by atoms with van der Waals surface area (Å²) in [5.41, 5.74) is 0.751. The molecule has 0 radical (unpaired) electrons. The molecule has 3 N–H and O–H groups in total. The van der Waals surface area contributed by atoms with Gasteiger partial charge in [0.05, 0.1) is 21.3 Å². The number of halogens is 1. The molecule has 3 amide bonds. The van der Waals surface area contributed by atoms with Gasteiger partial charge in [0, 0.05) is 36.6 Å². The SMILES string of the molecule is O=C(N[C@H]1CN(C(=O)O)C[C@H]1NC(=O)c1ccc(Cl)s1)c1ccc(-n2ccccc2=O)cc1. The maximum Gasteiger partial charge on any atom is 0.407 e. The van der Waals surface area contributed by atoms with Gasteiger partial charge < -0.3 is 20.6 Å². The van der Waals surface area contributed by atoms with Gasteiger partial charge in [-0.3, -0.25) is 19.0 Å². The number of hydrogen-bond donors (Lipinski definition) is 3. The third kappa shape index (κ3) is 5.07. The molecule has 1 aliphatic rings. The fourth-order valence-corrected chi connectivity index (χ4v) is 4.54. The van der Waals surface area contributed by atoms with Crippen LogP contribution in [0.1, 0.15) is 20.0 Å². The van der Waals surface area contributed by atoms with Crippen LogP contribution in [-0.4, -0.2) is 57.7 Å². The first-order valence-corrected chi connectivity index (χ1v) is 11.1. The van der Waals surface area contributed by atoms with Crippen LogP contribution >= 0.6 is 22.9 Å². The molecule has 11 heteroatoms. The summed E-state index contributed by atoms with van der Waals surface area (Å²) in [5.74, 6) is -0.807. The minimum atomic E-state index is -1.14. The summed E-state index contributed by atoms with van der Waals surface area (Å²) in [6.45, 7) is 0.0791. The van der Waals surface area contributed by atoms with Crippen molar-refractivity contribution in [3.63, 3.8) is 0 Å². The van der Waals surface area contributed by atoms with Crippen LogP contribution < -0.4 is 16.2 Å². The highest BCUT2D eigenvalue weighted by Gasteiger charge is 2.37. The Kier molecular flexibility index (Phi) is 6.47. The fourth-order valence-electron chi connectivity index (χ4n) is 3.59. The van der Waals surface area contributed by atoms with Crippen molar-refractivity contribution in [3.8, 4) is 5.69 Å². The lowest BCUT2D eigenvalue weighted by molar-refractivity contribution is 0.0898. The van der Waals surface area contributed by atoms with Gasteiger partial charge in [-0.05, 0) is 42.5 Å². The Hall–Kier alpha value is -3.63. The topological polar surface area (TPSA) is 121 Å². The number of carbonyl (C=O) groups is 3. The number of benzene rings is 1. The van der Waals surface area contributed by atoms with Gasteiger partial charge in [0.1, 0.15) is 0 Å². The number of hydrogen-bond acceptors (Lipinski definition) is 5. The van der Waals surface area contributed by atoms with E-state index < -0.39 is 24.1 Å². The number of nitrogens with zero attached hydrogens (tertiary/aromatic N) is 2. The van der Waals surface area contributed by atoms with Crippen LogP contribution in [0.25, 0.3) is 5.69 Å². The van der Waals surface area contributed by atoms with Crippen LogP contribution in [0.15, 0.2) is 65.6 Å². The first-order valence-electron chi connectivity index (χ1n) is 9.95. The number of nitrogens with one attached hydrogen (secondary N) is 2. The van der Waals surface area contributed by atoms with Crippen LogP contribution in [0, 0.1) is 0 Å². The normalized spacial score (nSPS) is 17.5. The number of rotatable bonds is 5. The Morgan fingerprint density at radius 1 is 0.939 bits per heavy atom. The molecule has 0 bridgehead atoms. The van der Waals surface area contributed by atoms with Gasteiger partial charge in [-0.25, -0.2) is 4.79 Å². The Bertz CT molecular complexity index is 1260. The predicted molar refractivity (Wildman–Crippen MR) is 123 cm³/mol. The minimum absolute atomic E-state index is 0.0364. The molecule has 1 saturated heterocycles. The average molecular weight is 487 g/mol. The predicted octanol–water partition coefficient (Wildman–Crippen LogP) is 2.44. The maximum atomic E-state index is 12.8. The zero-order valence-electron chi connectivity index (χ0n) is 17.1. The van der Waals surface area contributed by atoms with E-state index in [0.29, 0.717) is 20.5 Å². The second-order valence-electron chi connectivity index (χ2n) is 7.41. The highest BCUT2D eigenvalue weighted by Crippen LogP contribution is 2.22. The number of thiophene rings is 1. The lowest BCUT2D eigenvalue weighted by atomic mass is 10.1. The summed E-state index contributed by atoms with van der Waals surface area (Å²) in [4.78, 5) is 50.3. The number of carboxylic acid groups (broad SMARTS) is 1. The van der Waals surface area contributed by atoms with Crippen LogP contribution in [0.2, 0.25) is 4.34 Å². The van der Waals surface area contributed by atoms with Crippen molar-refractivity contribution in [1.82, 2.24) is 20.1 Å². The van der Waals surface area contributed by atoms with Crippen molar-refractivity contribution in [2.24, 2.45) is 0 Å². The van der Waals surface area contributed by atoms with Crippen LogP contribution in [0.3, 0.4) is 0 Å². The molecule has 2 atom stereocenters.